The van der Waals surface area contributed by atoms with E-state index in [9.17, 15) is 4.79 Å². The molecular weight excluding hydrogens is 277 g/mol. The van der Waals surface area contributed by atoms with Crippen LogP contribution in [0.4, 0.5) is 0 Å². The van der Waals surface area contributed by atoms with E-state index < -0.39 is 0 Å². The van der Waals surface area contributed by atoms with Crippen molar-refractivity contribution in [2.75, 3.05) is 13.2 Å². The van der Waals surface area contributed by atoms with Gasteiger partial charge in [0.25, 0.3) is 5.91 Å². The number of rotatable bonds is 6. The first-order chi connectivity index (χ1) is 8.55. The summed E-state index contributed by atoms with van der Waals surface area (Å²) in [4.78, 5) is 11.5. The van der Waals surface area contributed by atoms with Gasteiger partial charge >= 0.3 is 0 Å². The molecule has 0 bridgehead atoms. The molecule has 1 aromatic rings. The monoisotopic (exact) mass is 291 g/mol. The molecule has 18 heavy (non-hydrogen) atoms. The smallest absolute Gasteiger partial charge is 0.258 e. The summed E-state index contributed by atoms with van der Waals surface area (Å²) in [6.45, 7) is 1.64. The van der Waals surface area contributed by atoms with E-state index >= 15 is 0 Å². The highest BCUT2D eigenvalue weighted by molar-refractivity contribution is 6.34. The van der Waals surface area contributed by atoms with Crippen LogP contribution in [0.15, 0.2) is 18.2 Å². The number of aliphatic hydroxyl groups excluding tert-OH is 1. The summed E-state index contributed by atoms with van der Waals surface area (Å²) in [7, 11) is 0. The lowest BCUT2D eigenvalue weighted by molar-refractivity contribution is -0.124. The van der Waals surface area contributed by atoms with Crippen LogP contribution in [0.3, 0.4) is 0 Å². The Morgan fingerprint density at radius 2 is 2.00 bits per heavy atom. The standard InChI is InChI=1S/C12H15Cl2NO3/c1-2-10(6-16)15-12(17)7-18-11-4-8(13)3-9(14)5-11/h3-5,10,16H,2,6-7H2,1H3,(H,15,17). The second-order valence-corrected chi connectivity index (χ2v) is 4.62. The molecule has 1 unspecified atom stereocenters. The highest BCUT2D eigenvalue weighted by atomic mass is 35.5. The van der Waals surface area contributed by atoms with Crippen LogP contribution < -0.4 is 10.1 Å². The number of carbonyl (C=O) groups is 1. The molecule has 0 heterocycles. The Kier molecular flexibility index (Phi) is 6.25. The number of hydrogen-bond donors (Lipinski definition) is 2. The SMILES string of the molecule is CCC(CO)NC(=O)COc1cc(Cl)cc(Cl)c1. The van der Waals surface area contributed by atoms with Gasteiger partial charge in [-0.2, -0.15) is 0 Å². The zero-order valence-electron chi connectivity index (χ0n) is 9.95. The van der Waals surface area contributed by atoms with Crippen molar-refractivity contribution < 1.29 is 14.6 Å². The number of benzene rings is 1. The van der Waals surface area contributed by atoms with Gasteiger partial charge in [0.05, 0.1) is 12.6 Å². The average molecular weight is 292 g/mol. The number of hydrogen-bond acceptors (Lipinski definition) is 3. The van der Waals surface area contributed by atoms with Crippen molar-refractivity contribution in [2.45, 2.75) is 19.4 Å². The molecule has 2 N–H and O–H groups in total. The van der Waals surface area contributed by atoms with Crippen LogP contribution in [0.1, 0.15) is 13.3 Å². The normalized spacial score (nSPS) is 12.0. The summed E-state index contributed by atoms with van der Waals surface area (Å²) in [6.07, 6.45) is 0.658. The van der Waals surface area contributed by atoms with E-state index in [-0.39, 0.29) is 25.2 Å². The number of nitrogens with one attached hydrogen (secondary N) is 1. The Labute approximate surface area is 116 Å². The first-order valence-corrected chi connectivity index (χ1v) is 6.29. The predicted molar refractivity (Wildman–Crippen MR) is 71.3 cm³/mol. The van der Waals surface area contributed by atoms with Crippen molar-refractivity contribution in [2.24, 2.45) is 0 Å². The first kappa shape index (κ1) is 15.1. The van der Waals surface area contributed by atoms with Gasteiger partial charge in [0.15, 0.2) is 6.61 Å². The average Bonchev–Trinajstić information content (AvgIpc) is 2.32. The van der Waals surface area contributed by atoms with Crippen LogP contribution in [0.25, 0.3) is 0 Å². The fraction of sp³-hybridized carbons (Fsp3) is 0.417. The molecule has 1 aromatic carbocycles. The Hall–Kier alpha value is -0.970. The molecule has 4 nitrogen and oxygen atoms in total. The molecule has 1 amide bonds. The van der Waals surface area contributed by atoms with Crippen molar-refractivity contribution in [3.63, 3.8) is 0 Å². The van der Waals surface area contributed by atoms with Crippen LogP contribution >= 0.6 is 23.2 Å². The minimum Gasteiger partial charge on any atom is -0.484 e. The third-order valence-corrected chi connectivity index (χ3v) is 2.72. The van der Waals surface area contributed by atoms with Gasteiger partial charge in [0.2, 0.25) is 0 Å². The Bertz CT molecular complexity index is 388. The molecule has 0 saturated carbocycles. The highest BCUT2D eigenvalue weighted by Crippen LogP contribution is 2.23. The summed E-state index contributed by atoms with van der Waals surface area (Å²) in [5, 5.41) is 12.5. The summed E-state index contributed by atoms with van der Waals surface area (Å²) in [5.74, 6) is 0.131. The Balaban J connectivity index is 2.47. The van der Waals surface area contributed by atoms with Crippen molar-refractivity contribution >= 4 is 29.1 Å². The minimum atomic E-state index is -0.299. The maximum Gasteiger partial charge on any atom is 0.258 e. The van der Waals surface area contributed by atoms with E-state index in [1.54, 1.807) is 18.2 Å². The second kappa shape index (κ2) is 7.46. The summed E-state index contributed by atoms with van der Waals surface area (Å²) in [6, 6.07) is 4.48. The van der Waals surface area contributed by atoms with E-state index in [0.717, 1.165) is 0 Å². The maximum atomic E-state index is 11.5. The molecule has 1 rings (SSSR count). The molecule has 0 aliphatic carbocycles. The minimum absolute atomic E-state index is 0.0920. The van der Waals surface area contributed by atoms with E-state index in [4.69, 9.17) is 33.0 Å². The van der Waals surface area contributed by atoms with Gasteiger partial charge in [-0.1, -0.05) is 30.1 Å². The number of carbonyl (C=O) groups excluding carboxylic acids is 1. The molecule has 100 valence electrons. The maximum absolute atomic E-state index is 11.5. The lowest BCUT2D eigenvalue weighted by Crippen LogP contribution is -2.39. The van der Waals surface area contributed by atoms with Gasteiger partial charge in [-0.15, -0.1) is 0 Å². The molecule has 6 heteroatoms. The van der Waals surface area contributed by atoms with Gasteiger partial charge in [0, 0.05) is 10.0 Å². The quantitative estimate of drug-likeness (QED) is 0.845. The van der Waals surface area contributed by atoms with E-state index in [0.29, 0.717) is 22.2 Å². The number of aliphatic hydroxyl groups is 1. The summed E-state index contributed by atoms with van der Waals surface area (Å²) in [5.41, 5.74) is 0. The molecule has 0 saturated heterocycles. The van der Waals surface area contributed by atoms with Gasteiger partial charge in [0.1, 0.15) is 5.75 Å². The zero-order chi connectivity index (χ0) is 13.5. The van der Waals surface area contributed by atoms with Crippen LogP contribution in [0.2, 0.25) is 10.0 Å². The molecule has 0 spiro atoms. The van der Waals surface area contributed by atoms with E-state index in [1.165, 1.54) is 0 Å². The predicted octanol–water partition coefficient (Wildman–Crippen LogP) is 2.26. The number of amides is 1. The lowest BCUT2D eigenvalue weighted by Gasteiger charge is -2.14. The van der Waals surface area contributed by atoms with Gasteiger partial charge in [-0.25, -0.2) is 0 Å². The van der Waals surface area contributed by atoms with Crippen molar-refractivity contribution in [3.05, 3.63) is 28.2 Å². The fourth-order valence-electron chi connectivity index (χ4n) is 1.31. The molecule has 0 aliphatic heterocycles. The molecule has 0 aliphatic rings. The third kappa shape index (κ3) is 5.12. The molecule has 0 radical (unpaired) electrons. The summed E-state index contributed by atoms with van der Waals surface area (Å²) < 4.78 is 5.26. The van der Waals surface area contributed by atoms with Crippen molar-refractivity contribution in [1.82, 2.24) is 5.32 Å². The van der Waals surface area contributed by atoms with Crippen molar-refractivity contribution in [1.29, 1.82) is 0 Å². The molecular formula is C12H15Cl2NO3. The fourth-order valence-corrected chi connectivity index (χ4v) is 1.81. The first-order valence-electron chi connectivity index (χ1n) is 5.54. The third-order valence-electron chi connectivity index (χ3n) is 2.28. The Morgan fingerprint density at radius 3 is 2.50 bits per heavy atom. The lowest BCUT2D eigenvalue weighted by atomic mass is 10.2. The van der Waals surface area contributed by atoms with Crippen LogP contribution in [-0.4, -0.2) is 30.3 Å². The van der Waals surface area contributed by atoms with Crippen LogP contribution in [0, 0.1) is 0 Å². The number of halogens is 2. The highest BCUT2D eigenvalue weighted by Gasteiger charge is 2.10. The summed E-state index contributed by atoms with van der Waals surface area (Å²) >= 11 is 11.6. The molecule has 0 aromatic heterocycles. The van der Waals surface area contributed by atoms with Gasteiger partial charge in [-0.3, -0.25) is 4.79 Å². The topological polar surface area (TPSA) is 58.6 Å². The van der Waals surface area contributed by atoms with Gasteiger partial charge in [-0.05, 0) is 24.6 Å². The molecule has 0 fully saturated rings. The van der Waals surface area contributed by atoms with Crippen LogP contribution in [-0.2, 0) is 4.79 Å². The van der Waals surface area contributed by atoms with Crippen molar-refractivity contribution in [3.8, 4) is 5.75 Å². The second-order valence-electron chi connectivity index (χ2n) is 3.75. The zero-order valence-corrected chi connectivity index (χ0v) is 11.5. The molecule has 1 atom stereocenters. The van der Waals surface area contributed by atoms with Gasteiger partial charge < -0.3 is 15.2 Å². The largest absolute Gasteiger partial charge is 0.484 e. The van der Waals surface area contributed by atoms with E-state index in [2.05, 4.69) is 5.32 Å². The number of ether oxygens (including phenoxy) is 1. The Morgan fingerprint density at radius 1 is 1.39 bits per heavy atom. The van der Waals surface area contributed by atoms with Crippen LogP contribution in [0.5, 0.6) is 5.75 Å². The van der Waals surface area contributed by atoms with E-state index in [1.807, 2.05) is 6.92 Å².